The molecule has 0 unspecified atom stereocenters. The fourth-order valence-electron chi connectivity index (χ4n) is 3.78. The second-order valence-electron chi connectivity index (χ2n) is 7.87. The van der Waals surface area contributed by atoms with Gasteiger partial charge in [-0.25, -0.2) is 0 Å². The Balaban J connectivity index is 0.00000363. The summed E-state index contributed by atoms with van der Waals surface area (Å²) in [5, 5.41) is 6.73. The largest absolute Gasteiger partial charge is 0.352 e. The van der Waals surface area contributed by atoms with E-state index in [1.165, 1.54) is 11.1 Å². The van der Waals surface area contributed by atoms with Gasteiger partial charge in [0, 0.05) is 45.3 Å². The van der Waals surface area contributed by atoms with Gasteiger partial charge in [0.2, 0.25) is 5.91 Å². The van der Waals surface area contributed by atoms with Crippen LogP contribution in [0.1, 0.15) is 43.4 Å². The minimum absolute atomic E-state index is 0. The minimum Gasteiger partial charge on any atom is -0.352 e. The van der Waals surface area contributed by atoms with Crippen LogP contribution in [0.4, 0.5) is 5.69 Å². The number of hydrogen-bond acceptors (Lipinski definition) is 3. The van der Waals surface area contributed by atoms with Gasteiger partial charge in [-0.1, -0.05) is 50.2 Å². The zero-order valence-corrected chi connectivity index (χ0v) is 21.8. The van der Waals surface area contributed by atoms with Crippen molar-refractivity contribution in [2.45, 2.75) is 46.3 Å². The van der Waals surface area contributed by atoms with Crippen molar-refractivity contribution in [3.8, 4) is 0 Å². The highest BCUT2D eigenvalue weighted by atomic mass is 127. The Morgan fingerprint density at radius 3 is 1.94 bits per heavy atom. The van der Waals surface area contributed by atoms with Gasteiger partial charge in [-0.05, 0) is 48.3 Å². The highest BCUT2D eigenvalue weighted by Crippen LogP contribution is 2.21. The van der Waals surface area contributed by atoms with Crippen LogP contribution in [-0.2, 0) is 24.4 Å². The fourth-order valence-corrected chi connectivity index (χ4v) is 3.78. The maximum Gasteiger partial charge on any atom is 0.227 e. The zero-order valence-electron chi connectivity index (χ0n) is 19.4. The summed E-state index contributed by atoms with van der Waals surface area (Å²) in [6.07, 6.45) is 1.60. The van der Waals surface area contributed by atoms with Crippen molar-refractivity contribution in [3.05, 3.63) is 65.2 Å². The first-order valence-electron chi connectivity index (χ1n) is 11.3. The molecule has 2 aromatic carbocycles. The Morgan fingerprint density at radius 1 is 0.938 bits per heavy atom. The molecule has 1 aliphatic rings. The fraction of sp³-hybridized carbons (Fsp3) is 0.440. The average Bonchev–Trinajstić information content (AvgIpc) is 3.24. The van der Waals surface area contributed by atoms with Crippen molar-refractivity contribution in [2.75, 3.05) is 31.6 Å². The molecule has 0 spiro atoms. The third-order valence-electron chi connectivity index (χ3n) is 5.79. The van der Waals surface area contributed by atoms with Crippen molar-refractivity contribution in [1.29, 1.82) is 0 Å². The lowest BCUT2D eigenvalue weighted by atomic mass is 10.1. The molecule has 0 radical (unpaired) electrons. The molecule has 32 heavy (non-hydrogen) atoms. The normalized spacial score (nSPS) is 13.9. The van der Waals surface area contributed by atoms with E-state index in [0.29, 0.717) is 13.0 Å². The first-order chi connectivity index (χ1) is 15.1. The van der Waals surface area contributed by atoms with E-state index in [4.69, 9.17) is 0 Å². The number of rotatable bonds is 9. The van der Waals surface area contributed by atoms with Gasteiger partial charge in [-0.3, -0.25) is 14.7 Å². The summed E-state index contributed by atoms with van der Waals surface area (Å²) in [4.78, 5) is 20.5. The lowest BCUT2D eigenvalue weighted by Gasteiger charge is -2.18. The summed E-state index contributed by atoms with van der Waals surface area (Å²) in [7, 11) is 1.78. The van der Waals surface area contributed by atoms with Gasteiger partial charge in [0.1, 0.15) is 0 Å². The first-order valence-corrected chi connectivity index (χ1v) is 11.3. The number of benzene rings is 2. The maximum absolute atomic E-state index is 11.9. The average molecular weight is 550 g/mol. The van der Waals surface area contributed by atoms with Gasteiger partial charge in [0.05, 0.1) is 0 Å². The van der Waals surface area contributed by atoms with E-state index in [-0.39, 0.29) is 29.9 Å². The van der Waals surface area contributed by atoms with Crippen LogP contribution in [0.5, 0.6) is 0 Å². The number of guanidine groups is 1. The number of aliphatic imine (C=N–C) groups is 1. The number of hydrogen-bond donors (Lipinski definition) is 2. The number of amides is 1. The van der Waals surface area contributed by atoms with Crippen LogP contribution < -0.4 is 15.5 Å². The summed E-state index contributed by atoms with van der Waals surface area (Å²) in [5.74, 6) is 0.988. The van der Waals surface area contributed by atoms with Crippen LogP contribution in [0.25, 0.3) is 0 Å². The number of carbonyl (C=O) groups excluding carboxylic acids is 1. The van der Waals surface area contributed by atoms with Crippen molar-refractivity contribution in [1.82, 2.24) is 15.5 Å². The second-order valence-corrected chi connectivity index (χ2v) is 7.87. The molecule has 1 amide bonds. The quantitative estimate of drug-likeness (QED) is 0.281. The molecule has 1 fully saturated rings. The standard InChI is InChI=1S/C25H35N5O.HI/c1-4-29(5-2)19-22-10-8-20(9-11-22)17-27-25(26-3)28-18-21-12-14-23(15-13-21)30-16-6-7-24(30)31;/h8-15H,4-7,16-19H2,1-3H3,(H2,26,27,28);1H. The summed E-state index contributed by atoms with van der Waals surface area (Å²) >= 11 is 0. The second kappa shape index (κ2) is 13.4. The highest BCUT2D eigenvalue weighted by Gasteiger charge is 2.21. The predicted molar refractivity (Wildman–Crippen MR) is 144 cm³/mol. The number of nitrogens with one attached hydrogen (secondary N) is 2. The van der Waals surface area contributed by atoms with Gasteiger partial charge >= 0.3 is 0 Å². The highest BCUT2D eigenvalue weighted by molar-refractivity contribution is 14.0. The van der Waals surface area contributed by atoms with E-state index in [1.807, 2.05) is 17.0 Å². The lowest BCUT2D eigenvalue weighted by molar-refractivity contribution is -0.117. The van der Waals surface area contributed by atoms with E-state index < -0.39 is 0 Å². The molecule has 0 aliphatic carbocycles. The number of nitrogens with zero attached hydrogens (tertiary/aromatic N) is 3. The molecule has 2 N–H and O–H groups in total. The molecular weight excluding hydrogens is 513 g/mol. The van der Waals surface area contributed by atoms with Crippen LogP contribution >= 0.6 is 24.0 Å². The molecule has 0 bridgehead atoms. The Bertz CT molecular complexity index is 863. The molecule has 1 heterocycles. The van der Waals surface area contributed by atoms with Gasteiger partial charge < -0.3 is 15.5 Å². The Labute approximate surface area is 209 Å². The molecule has 6 nitrogen and oxygen atoms in total. The predicted octanol–water partition coefficient (Wildman–Crippen LogP) is 4.14. The Morgan fingerprint density at radius 2 is 1.47 bits per heavy atom. The topological polar surface area (TPSA) is 60.0 Å². The van der Waals surface area contributed by atoms with Crippen molar-refractivity contribution >= 4 is 41.5 Å². The first kappa shape index (κ1) is 26.1. The summed E-state index contributed by atoms with van der Waals surface area (Å²) in [5.41, 5.74) is 4.71. The molecule has 1 aliphatic heterocycles. The SMILES string of the molecule is CCN(CC)Cc1ccc(CNC(=NC)NCc2ccc(N3CCCC3=O)cc2)cc1.I. The molecular formula is C25H36IN5O. The van der Waals surface area contributed by atoms with E-state index >= 15 is 0 Å². The maximum atomic E-state index is 11.9. The van der Waals surface area contributed by atoms with E-state index in [2.05, 4.69) is 70.8 Å². The van der Waals surface area contributed by atoms with E-state index in [0.717, 1.165) is 56.4 Å². The van der Waals surface area contributed by atoms with Crippen molar-refractivity contribution in [3.63, 3.8) is 0 Å². The van der Waals surface area contributed by atoms with E-state index in [9.17, 15) is 4.79 Å². The van der Waals surface area contributed by atoms with E-state index in [1.54, 1.807) is 7.05 Å². The molecule has 0 saturated carbocycles. The Hall–Kier alpha value is -2.13. The van der Waals surface area contributed by atoms with Gasteiger partial charge in [0.25, 0.3) is 0 Å². The smallest absolute Gasteiger partial charge is 0.227 e. The van der Waals surface area contributed by atoms with Crippen LogP contribution in [0, 0.1) is 0 Å². The van der Waals surface area contributed by atoms with Gasteiger partial charge in [0.15, 0.2) is 5.96 Å². The molecule has 7 heteroatoms. The third kappa shape index (κ3) is 7.48. The summed E-state index contributed by atoms with van der Waals surface area (Å²) < 4.78 is 0. The van der Waals surface area contributed by atoms with Crippen molar-refractivity contribution in [2.24, 2.45) is 4.99 Å². The zero-order chi connectivity index (χ0) is 22.1. The summed E-state index contributed by atoms with van der Waals surface area (Å²) in [6.45, 7) is 9.75. The Kier molecular flexibility index (Phi) is 11.0. The van der Waals surface area contributed by atoms with Gasteiger partial charge in [-0.2, -0.15) is 0 Å². The van der Waals surface area contributed by atoms with Crippen molar-refractivity contribution < 1.29 is 4.79 Å². The molecule has 0 atom stereocenters. The number of carbonyl (C=O) groups is 1. The van der Waals surface area contributed by atoms with Crippen LogP contribution in [-0.4, -0.2) is 43.4 Å². The lowest BCUT2D eigenvalue weighted by Crippen LogP contribution is -2.36. The molecule has 2 aromatic rings. The van der Waals surface area contributed by atoms with Gasteiger partial charge in [-0.15, -0.1) is 24.0 Å². The van der Waals surface area contributed by atoms with Crippen LogP contribution in [0.15, 0.2) is 53.5 Å². The monoisotopic (exact) mass is 549 g/mol. The number of anilines is 1. The minimum atomic E-state index is 0. The molecule has 174 valence electrons. The van der Waals surface area contributed by atoms with Crippen LogP contribution in [0.2, 0.25) is 0 Å². The summed E-state index contributed by atoms with van der Waals surface area (Å²) in [6, 6.07) is 16.9. The molecule has 3 rings (SSSR count). The number of halogens is 1. The third-order valence-corrected chi connectivity index (χ3v) is 5.79. The molecule has 1 saturated heterocycles. The van der Waals surface area contributed by atoms with Crippen LogP contribution in [0.3, 0.4) is 0 Å². The molecule has 0 aromatic heterocycles.